The molecule has 2 heterocycles. The highest BCUT2D eigenvalue weighted by Gasteiger charge is 2.20. The van der Waals surface area contributed by atoms with Gasteiger partial charge in [0.1, 0.15) is 11.2 Å². The molecule has 7 aromatic carbocycles. The van der Waals surface area contributed by atoms with Gasteiger partial charge in [-0.2, -0.15) is 0 Å². The Hall–Kier alpha value is -6.13. The first-order valence-electron chi connectivity index (χ1n) is 15.0. The standard InChI is InChI=1S/C41H25N3O/c1-2-12-26(13-3-1)29-24-25-35(31-18-7-6-17-30(29)31)40-42-39(34-21-10-15-27-14-4-5-16-28(27)34)43-41(44-40)36-22-11-20-33-32-19-8-9-23-37(32)45-38(33)36/h1-25H. The molecule has 0 bridgehead atoms. The summed E-state index contributed by atoms with van der Waals surface area (Å²) in [6.45, 7) is 0. The lowest BCUT2D eigenvalue weighted by Gasteiger charge is -2.13. The number of hydrogen-bond acceptors (Lipinski definition) is 4. The molecule has 0 saturated carbocycles. The molecule has 0 aliphatic carbocycles. The zero-order chi connectivity index (χ0) is 29.7. The van der Waals surface area contributed by atoms with E-state index >= 15 is 0 Å². The number of fused-ring (bicyclic) bond motifs is 5. The van der Waals surface area contributed by atoms with Crippen LogP contribution in [0.25, 0.3) is 88.8 Å². The molecule has 210 valence electrons. The highest BCUT2D eigenvalue weighted by molar-refractivity contribution is 6.09. The van der Waals surface area contributed by atoms with E-state index in [-0.39, 0.29) is 0 Å². The number of nitrogens with zero attached hydrogens (tertiary/aromatic N) is 3. The molecular formula is C41H25N3O. The number of furan rings is 1. The van der Waals surface area contributed by atoms with Gasteiger partial charge in [-0.05, 0) is 50.9 Å². The predicted octanol–water partition coefficient (Wildman–Crippen LogP) is 10.7. The molecule has 45 heavy (non-hydrogen) atoms. The maximum absolute atomic E-state index is 6.43. The van der Waals surface area contributed by atoms with Crippen molar-refractivity contribution in [2.75, 3.05) is 0 Å². The Kier molecular flexibility index (Phi) is 5.78. The van der Waals surface area contributed by atoms with E-state index < -0.39 is 0 Å². The van der Waals surface area contributed by atoms with Gasteiger partial charge in [0, 0.05) is 21.9 Å². The number of benzene rings is 7. The summed E-state index contributed by atoms with van der Waals surface area (Å²) in [4.78, 5) is 15.5. The predicted molar refractivity (Wildman–Crippen MR) is 184 cm³/mol. The second-order valence-corrected chi connectivity index (χ2v) is 11.2. The first-order valence-corrected chi connectivity index (χ1v) is 15.0. The van der Waals surface area contributed by atoms with Crippen molar-refractivity contribution in [3.63, 3.8) is 0 Å². The zero-order valence-corrected chi connectivity index (χ0v) is 24.2. The van der Waals surface area contributed by atoms with E-state index in [1.54, 1.807) is 0 Å². The van der Waals surface area contributed by atoms with Crippen LogP contribution in [0.4, 0.5) is 0 Å². The van der Waals surface area contributed by atoms with Crippen LogP contribution in [-0.4, -0.2) is 15.0 Å². The third kappa shape index (κ3) is 4.19. The molecule has 0 spiro atoms. The van der Waals surface area contributed by atoms with Crippen LogP contribution in [-0.2, 0) is 0 Å². The summed E-state index contributed by atoms with van der Waals surface area (Å²) >= 11 is 0. The Bertz CT molecular complexity index is 2540. The summed E-state index contributed by atoms with van der Waals surface area (Å²) in [6, 6.07) is 52.2. The van der Waals surface area contributed by atoms with Crippen LogP contribution in [0, 0.1) is 0 Å². The molecule has 0 aliphatic rings. The number of rotatable bonds is 4. The fourth-order valence-corrected chi connectivity index (χ4v) is 6.44. The molecule has 9 rings (SSSR count). The summed E-state index contributed by atoms with van der Waals surface area (Å²) in [6.07, 6.45) is 0. The van der Waals surface area contributed by atoms with Gasteiger partial charge in [0.2, 0.25) is 0 Å². The van der Waals surface area contributed by atoms with E-state index in [0.29, 0.717) is 17.5 Å². The molecule has 4 nitrogen and oxygen atoms in total. The molecule has 0 atom stereocenters. The van der Waals surface area contributed by atoms with Crippen molar-refractivity contribution in [1.29, 1.82) is 0 Å². The van der Waals surface area contributed by atoms with Crippen LogP contribution < -0.4 is 0 Å². The minimum Gasteiger partial charge on any atom is -0.455 e. The van der Waals surface area contributed by atoms with Gasteiger partial charge in [-0.1, -0.05) is 133 Å². The fraction of sp³-hybridized carbons (Fsp3) is 0. The van der Waals surface area contributed by atoms with E-state index in [0.717, 1.165) is 60.2 Å². The lowest BCUT2D eigenvalue weighted by molar-refractivity contribution is 0.669. The largest absolute Gasteiger partial charge is 0.455 e. The van der Waals surface area contributed by atoms with Crippen LogP contribution in [0.5, 0.6) is 0 Å². The lowest BCUT2D eigenvalue weighted by Crippen LogP contribution is -2.01. The Balaban J connectivity index is 1.34. The zero-order valence-electron chi connectivity index (χ0n) is 24.2. The third-order valence-electron chi connectivity index (χ3n) is 8.56. The van der Waals surface area contributed by atoms with Gasteiger partial charge >= 0.3 is 0 Å². The topological polar surface area (TPSA) is 51.8 Å². The average Bonchev–Trinajstić information content (AvgIpc) is 3.50. The van der Waals surface area contributed by atoms with Crippen molar-refractivity contribution in [3.05, 3.63) is 152 Å². The number of hydrogen-bond donors (Lipinski definition) is 0. The molecule has 0 fully saturated rings. The van der Waals surface area contributed by atoms with Gasteiger partial charge in [-0.3, -0.25) is 0 Å². The first kappa shape index (κ1) is 25.4. The third-order valence-corrected chi connectivity index (χ3v) is 8.56. The van der Waals surface area contributed by atoms with Crippen LogP contribution in [0.2, 0.25) is 0 Å². The van der Waals surface area contributed by atoms with Crippen molar-refractivity contribution < 1.29 is 4.42 Å². The SMILES string of the molecule is c1ccc(-c2ccc(-c3nc(-c4cccc5ccccc45)nc(-c4cccc5c4oc4ccccc45)n3)c3ccccc23)cc1. The van der Waals surface area contributed by atoms with Gasteiger partial charge in [0.05, 0.1) is 5.56 Å². The Morgan fingerprint density at radius 1 is 0.333 bits per heavy atom. The molecule has 0 aliphatic heterocycles. The van der Waals surface area contributed by atoms with E-state index in [4.69, 9.17) is 19.4 Å². The van der Waals surface area contributed by atoms with Gasteiger partial charge in [-0.25, -0.2) is 15.0 Å². The minimum absolute atomic E-state index is 0.573. The molecule has 0 saturated heterocycles. The number of para-hydroxylation sites is 2. The molecule has 4 heteroatoms. The highest BCUT2D eigenvalue weighted by atomic mass is 16.3. The van der Waals surface area contributed by atoms with Crippen molar-refractivity contribution in [3.8, 4) is 45.3 Å². The molecular weight excluding hydrogens is 550 g/mol. The lowest BCUT2D eigenvalue weighted by atomic mass is 9.94. The molecule has 0 amide bonds. The Morgan fingerprint density at radius 2 is 0.844 bits per heavy atom. The van der Waals surface area contributed by atoms with Crippen molar-refractivity contribution in [2.24, 2.45) is 0 Å². The van der Waals surface area contributed by atoms with Crippen LogP contribution in [0.3, 0.4) is 0 Å². The second-order valence-electron chi connectivity index (χ2n) is 11.2. The summed E-state index contributed by atoms with van der Waals surface area (Å²) in [5.74, 6) is 1.81. The van der Waals surface area contributed by atoms with Crippen LogP contribution in [0.15, 0.2) is 156 Å². The van der Waals surface area contributed by atoms with E-state index in [1.165, 1.54) is 11.1 Å². The normalized spacial score (nSPS) is 11.6. The van der Waals surface area contributed by atoms with Crippen molar-refractivity contribution in [2.45, 2.75) is 0 Å². The highest BCUT2D eigenvalue weighted by Crippen LogP contribution is 2.38. The monoisotopic (exact) mass is 575 g/mol. The van der Waals surface area contributed by atoms with Crippen molar-refractivity contribution >= 4 is 43.5 Å². The summed E-state index contributed by atoms with van der Waals surface area (Å²) < 4.78 is 6.43. The molecule has 0 radical (unpaired) electrons. The minimum atomic E-state index is 0.573. The van der Waals surface area contributed by atoms with Crippen molar-refractivity contribution in [1.82, 2.24) is 15.0 Å². The maximum Gasteiger partial charge on any atom is 0.167 e. The number of aromatic nitrogens is 3. The fourth-order valence-electron chi connectivity index (χ4n) is 6.44. The molecule has 2 aromatic heterocycles. The molecule has 9 aromatic rings. The van der Waals surface area contributed by atoms with E-state index in [2.05, 4.69) is 115 Å². The second kappa shape index (κ2) is 10.2. The van der Waals surface area contributed by atoms with Crippen LogP contribution in [0.1, 0.15) is 0 Å². The summed E-state index contributed by atoms with van der Waals surface area (Å²) in [5.41, 5.74) is 6.69. The van der Waals surface area contributed by atoms with Gasteiger partial charge in [0.15, 0.2) is 17.5 Å². The van der Waals surface area contributed by atoms with Gasteiger partial charge in [-0.15, -0.1) is 0 Å². The van der Waals surface area contributed by atoms with E-state index in [9.17, 15) is 0 Å². The van der Waals surface area contributed by atoms with E-state index in [1.807, 2.05) is 36.4 Å². The Morgan fingerprint density at radius 3 is 1.64 bits per heavy atom. The van der Waals surface area contributed by atoms with Gasteiger partial charge in [0.25, 0.3) is 0 Å². The summed E-state index contributed by atoms with van der Waals surface area (Å²) in [7, 11) is 0. The van der Waals surface area contributed by atoms with Gasteiger partial charge < -0.3 is 4.42 Å². The Labute approximate surface area is 259 Å². The summed E-state index contributed by atoms with van der Waals surface area (Å²) in [5, 5.41) is 6.57. The average molecular weight is 576 g/mol. The smallest absolute Gasteiger partial charge is 0.167 e. The molecule has 0 N–H and O–H groups in total. The quantitative estimate of drug-likeness (QED) is 0.209. The van der Waals surface area contributed by atoms with Crippen LogP contribution >= 0.6 is 0 Å². The molecule has 0 unspecified atom stereocenters. The first-order chi connectivity index (χ1) is 22.3. The maximum atomic E-state index is 6.43.